The van der Waals surface area contributed by atoms with Crippen molar-refractivity contribution in [2.24, 2.45) is 0 Å². The van der Waals surface area contributed by atoms with Gasteiger partial charge in [-0.1, -0.05) is 54.1 Å². The number of aromatic nitrogens is 1. The van der Waals surface area contributed by atoms with Crippen LogP contribution in [0.15, 0.2) is 89.8 Å². The number of pyridine rings is 1. The zero-order chi connectivity index (χ0) is 18.9. The summed E-state index contributed by atoms with van der Waals surface area (Å²) in [4.78, 5) is 4.91. The fraction of sp³-hybridized carbons (Fsp3) is 0.0455. The van der Waals surface area contributed by atoms with E-state index in [9.17, 15) is 8.42 Å². The molecule has 0 atom stereocenters. The molecule has 1 heterocycles. The Kier molecular flexibility index (Phi) is 4.38. The summed E-state index contributed by atoms with van der Waals surface area (Å²) in [6.45, 7) is 1.92. The lowest BCUT2D eigenvalue weighted by Crippen LogP contribution is -2.12. The molecule has 0 aliphatic heterocycles. The highest BCUT2D eigenvalue weighted by atomic mass is 32.2. The highest BCUT2D eigenvalue weighted by molar-refractivity contribution is 7.92. The minimum Gasteiger partial charge on any atom is -0.280 e. The molecule has 3 aromatic carbocycles. The van der Waals surface area contributed by atoms with Gasteiger partial charge in [0.2, 0.25) is 0 Å². The van der Waals surface area contributed by atoms with E-state index in [4.69, 9.17) is 0 Å². The maximum Gasteiger partial charge on any atom is 0.261 e. The molecular formula is C22H18N2O2S. The average molecular weight is 374 g/mol. The van der Waals surface area contributed by atoms with E-state index in [1.165, 1.54) is 0 Å². The van der Waals surface area contributed by atoms with Crippen LogP contribution in [0.1, 0.15) is 5.56 Å². The van der Waals surface area contributed by atoms with E-state index < -0.39 is 10.0 Å². The normalized spacial score (nSPS) is 11.4. The Morgan fingerprint density at radius 2 is 1.48 bits per heavy atom. The zero-order valence-electron chi connectivity index (χ0n) is 14.8. The number of hydrogen-bond acceptors (Lipinski definition) is 3. The summed E-state index contributed by atoms with van der Waals surface area (Å²) in [5.74, 6) is 0. The van der Waals surface area contributed by atoms with Gasteiger partial charge in [-0.25, -0.2) is 13.4 Å². The lowest BCUT2D eigenvalue weighted by molar-refractivity contribution is 0.601. The maximum atomic E-state index is 12.5. The number of aryl methyl sites for hydroxylation is 1. The van der Waals surface area contributed by atoms with Gasteiger partial charge in [0.15, 0.2) is 0 Å². The van der Waals surface area contributed by atoms with Crippen LogP contribution in [0.25, 0.3) is 22.2 Å². The average Bonchev–Trinajstić information content (AvgIpc) is 2.68. The van der Waals surface area contributed by atoms with Crippen LogP contribution in [0.5, 0.6) is 0 Å². The zero-order valence-corrected chi connectivity index (χ0v) is 15.6. The van der Waals surface area contributed by atoms with Crippen molar-refractivity contribution >= 4 is 26.6 Å². The van der Waals surface area contributed by atoms with E-state index in [2.05, 4.69) is 9.71 Å². The second kappa shape index (κ2) is 6.85. The third-order valence-electron chi connectivity index (χ3n) is 4.36. The van der Waals surface area contributed by atoms with Crippen LogP contribution < -0.4 is 4.72 Å². The lowest BCUT2D eigenvalue weighted by Gasteiger charge is -2.09. The molecule has 4 aromatic rings. The number of para-hydroxylation sites is 1. The largest absolute Gasteiger partial charge is 0.280 e. The van der Waals surface area contributed by atoms with Crippen molar-refractivity contribution in [1.29, 1.82) is 0 Å². The molecule has 0 saturated carbocycles. The number of benzene rings is 3. The number of rotatable bonds is 4. The highest BCUT2D eigenvalue weighted by Gasteiger charge is 2.13. The lowest BCUT2D eigenvalue weighted by atomic mass is 10.1. The molecule has 1 aromatic heterocycles. The predicted molar refractivity (Wildman–Crippen MR) is 109 cm³/mol. The molecule has 4 rings (SSSR count). The van der Waals surface area contributed by atoms with Crippen molar-refractivity contribution in [3.8, 4) is 11.3 Å². The van der Waals surface area contributed by atoms with Gasteiger partial charge < -0.3 is 0 Å². The van der Waals surface area contributed by atoms with Gasteiger partial charge >= 0.3 is 0 Å². The van der Waals surface area contributed by atoms with Crippen LogP contribution >= 0.6 is 0 Å². The van der Waals surface area contributed by atoms with Crippen LogP contribution in [0.2, 0.25) is 0 Å². The molecule has 0 bridgehead atoms. The monoisotopic (exact) mass is 374 g/mol. The van der Waals surface area contributed by atoms with E-state index in [0.29, 0.717) is 5.69 Å². The van der Waals surface area contributed by atoms with E-state index in [1.54, 1.807) is 36.4 Å². The Morgan fingerprint density at radius 3 is 2.22 bits per heavy atom. The Morgan fingerprint density at radius 1 is 0.778 bits per heavy atom. The van der Waals surface area contributed by atoms with Gasteiger partial charge in [0.25, 0.3) is 10.0 Å². The Labute approximate surface area is 158 Å². The van der Waals surface area contributed by atoms with Gasteiger partial charge in [-0.2, -0.15) is 0 Å². The van der Waals surface area contributed by atoms with E-state index >= 15 is 0 Å². The number of nitrogens with zero attached hydrogens (tertiary/aromatic N) is 1. The van der Waals surface area contributed by atoms with Crippen molar-refractivity contribution < 1.29 is 8.42 Å². The van der Waals surface area contributed by atoms with Gasteiger partial charge in [-0.15, -0.1) is 0 Å². The second-order valence-electron chi connectivity index (χ2n) is 6.39. The maximum absolute atomic E-state index is 12.5. The number of nitrogens with one attached hydrogen (secondary N) is 1. The van der Waals surface area contributed by atoms with Crippen LogP contribution in [0.4, 0.5) is 5.69 Å². The highest BCUT2D eigenvalue weighted by Crippen LogP contribution is 2.24. The molecule has 0 unspecified atom stereocenters. The molecular weight excluding hydrogens is 356 g/mol. The Bertz CT molecular complexity index is 1200. The first-order chi connectivity index (χ1) is 13.0. The molecule has 5 heteroatoms. The van der Waals surface area contributed by atoms with Crippen LogP contribution in [-0.4, -0.2) is 13.4 Å². The van der Waals surface area contributed by atoms with Crippen molar-refractivity contribution in [2.45, 2.75) is 11.8 Å². The summed E-state index contributed by atoms with van der Waals surface area (Å²) in [6, 6.07) is 25.9. The van der Waals surface area contributed by atoms with Gasteiger partial charge in [-0.3, -0.25) is 4.72 Å². The van der Waals surface area contributed by atoms with E-state index in [-0.39, 0.29) is 4.90 Å². The summed E-state index contributed by atoms with van der Waals surface area (Å²) in [5, 5.41) is 1.09. The van der Waals surface area contributed by atoms with E-state index in [0.717, 1.165) is 27.7 Å². The fourth-order valence-electron chi connectivity index (χ4n) is 2.87. The molecule has 134 valence electrons. The van der Waals surface area contributed by atoms with Gasteiger partial charge in [0.1, 0.15) is 0 Å². The quantitative estimate of drug-likeness (QED) is 0.546. The Balaban J connectivity index is 1.58. The summed E-state index contributed by atoms with van der Waals surface area (Å²) in [6.07, 6.45) is 0. The first kappa shape index (κ1) is 17.2. The molecule has 0 spiro atoms. The van der Waals surface area contributed by atoms with Crippen molar-refractivity contribution in [3.05, 3.63) is 90.5 Å². The topological polar surface area (TPSA) is 59.1 Å². The SMILES string of the molecule is Cc1ccc(S(=O)(=O)Nc2ccc(-c3ccc4ccccc4n3)cc2)cc1. The van der Waals surface area contributed by atoms with E-state index in [1.807, 2.05) is 55.5 Å². The minimum atomic E-state index is -3.60. The van der Waals surface area contributed by atoms with Gasteiger partial charge in [0, 0.05) is 16.6 Å². The number of hydrogen-bond donors (Lipinski definition) is 1. The number of sulfonamides is 1. The molecule has 0 saturated heterocycles. The van der Waals surface area contributed by atoms with Crippen LogP contribution in [0.3, 0.4) is 0 Å². The molecule has 0 aliphatic rings. The summed E-state index contributed by atoms with van der Waals surface area (Å²) in [7, 11) is -3.60. The fourth-order valence-corrected chi connectivity index (χ4v) is 3.93. The smallest absolute Gasteiger partial charge is 0.261 e. The summed E-state index contributed by atoms with van der Waals surface area (Å²) < 4.78 is 27.6. The third kappa shape index (κ3) is 3.68. The molecule has 4 nitrogen and oxygen atoms in total. The first-order valence-electron chi connectivity index (χ1n) is 8.57. The van der Waals surface area contributed by atoms with Crippen LogP contribution in [-0.2, 0) is 10.0 Å². The molecule has 1 N–H and O–H groups in total. The molecule has 0 radical (unpaired) electrons. The van der Waals surface area contributed by atoms with Crippen molar-refractivity contribution in [3.63, 3.8) is 0 Å². The molecule has 0 fully saturated rings. The predicted octanol–water partition coefficient (Wildman–Crippen LogP) is 5.01. The number of fused-ring (bicyclic) bond motifs is 1. The first-order valence-corrected chi connectivity index (χ1v) is 10.1. The van der Waals surface area contributed by atoms with Gasteiger partial charge in [0.05, 0.1) is 16.1 Å². The second-order valence-corrected chi connectivity index (χ2v) is 8.07. The molecule has 27 heavy (non-hydrogen) atoms. The Hall–Kier alpha value is -3.18. The molecule has 0 amide bonds. The third-order valence-corrected chi connectivity index (χ3v) is 5.76. The summed E-state index contributed by atoms with van der Waals surface area (Å²) >= 11 is 0. The minimum absolute atomic E-state index is 0.244. The van der Waals surface area contributed by atoms with Crippen molar-refractivity contribution in [1.82, 2.24) is 4.98 Å². The van der Waals surface area contributed by atoms with Gasteiger partial charge in [-0.05, 0) is 43.3 Å². The number of anilines is 1. The van der Waals surface area contributed by atoms with Crippen LogP contribution in [0, 0.1) is 6.92 Å². The summed E-state index contributed by atoms with van der Waals surface area (Å²) in [5.41, 5.74) is 4.24. The standard InChI is InChI=1S/C22H18N2O2S/c1-16-6-13-20(14-7-16)27(25,26)24-19-11-8-18(9-12-19)22-15-10-17-4-2-3-5-21(17)23-22/h2-15,24H,1H3. The molecule has 0 aliphatic carbocycles. The van der Waals surface area contributed by atoms with Crippen molar-refractivity contribution in [2.75, 3.05) is 4.72 Å².